The lowest BCUT2D eigenvalue weighted by Gasteiger charge is -2.53. The van der Waals surface area contributed by atoms with E-state index in [1.807, 2.05) is 0 Å². The van der Waals surface area contributed by atoms with Crippen LogP contribution < -0.4 is 10.6 Å². The van der Waals surface area contributed by atoms with Crippen molar-refractivity contribution in [3.8, 4) is 11.8 Å². The van der Waals surface area contributed by atoms with E-state index in [1.54, 1.807) is 6.26 Å². The van der Waals surface area contributed by atoms with Gasteiger partial charge in [0.25, 0.3) is 0 Å². The minimum Gasteiger partial charge on any atom is -0.494 e. The van der Waals surface area contributed by atoms with E-state index < -0.39 is 98.5 Å². The van der Waals surface area contributed by atoms with Crippen LogP contribution in [0.3, 0.4) is 0 Å². The zero-order chi connectivity index (χ0) is 36.7. The Kier molecular flexibility index (Phi) is 15.4. The molecule has 1 amide bonds. The van der Waals surface area contributed by atoms with Gasteiger partial charge in [0.1, 0.15) is 18.3 Å². The van der Waals surface area contributed by atoms with Crippen LogP contribution in [-0.2, 0) is 35.0 Å². The van der Waals surface area contributed by atoms with Gasteiger partial charge in [-0.3, -0.25) is 9.36 Å². The molecule has 3 saturated heterocycles. The second kappa shape index (κ2) is 18.8. The summed E-state index contributed by atoms with van der Waals surface area (Å²) in [6.07, 6.45) is -12.8. The topological polar surface area (TPSA) is 274 Å². The summed E-state index contributed by atoms with van der Waals surface area (Å²) in [5.41, 5.74) is 0. The van der Waals surface area contributed by atoms with Crippen molar-refractivity contribution in [2.75, 3.05) is 53.3 Å². The first-order valence-corrected chi connectivity index (χ1v) is 17.9. The highest BCUT2D eigenvalue weighted by atomic mass is 32.2. The largest absolute Gasteiger partial charge is 0.494 e. The van der Waals surface area contributed by atoms with Crippen LogP contribution in [0.5, 0.6) is 11.8 Å². The number of aromatic hydroxyl groups is 2. The van der Waals surface area contributed by atoms with E-state index in [0.717, 1.165) is 0 Å². The summed E-state index contributed by atoms with van der Waals surface area (Å²) in [6.45, 7) is -0.321. The van der Waals surface area contributed by atoms with Crippen LogP contribution in [0.15, 0.2) is 11.0 Å². The summed E-state index contributed by atoms with van der Waals surface area (Å²) in [5.74, 6) is -2.72. The Bertz CT molecular complexity index is 1210. The first-order chi connectivity index (χ1) is 23.9. The molecule has 1 aromatic rings. The lowest BCUT2D eigenvalue weighted by atomic mass is 9.73. The molecule has 4 heterocycles. The SMILES string of the molecule is COC1CC(CO)OC(C2C(CO)OC(C3C(CNCCNC(=O)CCCn4c(O)cc(SC)c4O)OC(OC)C(O)C3O)C(O)C2O)C1O. The summed E-state index contributed by atoms with van der Waals surface area (Å²) < 4.78 is 29.8. The molecule has 0 bridgehead atoms. The van der Waals surface area contributed by atoms with Gasteiger partial charge >= 0.3 is 0 Å². The minimum absolute atomic E-state index is 0.0299. The molecule has 0 aliphatic carbocycles. The molecule has 14 unspecified atom stereocenters. The van der Waals surface area contributed by atoms with Crippen LogP contribution in [0.4, 0.5) is 0 Å². The quantitative estimate of drug-likeness (QED) is 0.0578. The number of hydrogen-bond donors (Lipinski definition) is 11. The number of nitrogens with zero attached hydrogens (tertiary/aromatic N) is 1. The van der Waals surface area contributed by atoms with Crippen LogP contribution in [0.25, 0.3) is 0 Å². The third-order valence-electron chi connectivity index (χ3n) is 9.83. The summed E-state index contributed by atoms with van der Waals surface area (Å²) in [4.78, 5) is 12.9. The first kappa shape index (κ1) is 40.9. The number of thioether (sulfide) groups is 1. The highest BCUT2D eigenvalue weighted by Gasteiger charge is 2.58. The average molecular weight is 740 g/mol. The summed E-state index contributed by atoms with van der Waals surface area (Å²) in [6, 6.07) is 1.45. The number of ether oxygens (including phenoxy) is 5. The molecule has 0 radical (unpaired) electrons. The number of rotatable bonds is 16. The van der Waals surface area contributed by atoms with Crippen molar-refractivity contribution in [2.45, 2.75) is 104 Å². The smallest absolute Gasteiger partial charge is 0.220 e. The van der Waals surface area contributed by atoms with Gasteiger partial charge in [-0.25, -0.2) is 0 Å². The van der Waals surface area contributed by atoms with Gasteiger partial charge in [0, 0.05) is 71.1 Å². The van der Waals surface area contributed by atoms with Gasteiger partial charge in [0.15, 0.2) is 12.2 Å². The predicted octanol–water partition coefficient (Wildman–Crippen LogP) is -3.56. The maximum Gasteiger partial charge on any atom is 0.220 e. The molecule has 50 heavy (non-hydrogen) atoms. The molecule has 0 aromatic carbocycles. The van der Waals surface area contributed by atoms with E-state index in [0.29, 0.717) is 11.3 Å². The number of carbonyl (C=O) groups excluding carboxylic acids is 1. The molecule has 288 valence electrons. The Labute approximate surface area is 294 Å². The zero-order valence-corrected chi connectivity index (χ0v) is 29.2. The van der Waals surface area contributed by atoms with Gasteiger partial charge in [-0.1, -0.05) is 0 Å². The Morgan fingerprint density at radius 3 is 2.20 bits per heavy atom. The number of amides is 1. The Hall–Kier alpha value is -1.82. The molecule has 3 aliphatic heterocycles. The Morgan fingerprint density at radius 1 is 0.900 bits per heavy atom. The van der Waals surface area contributed by atoms with Crippen molar-refractivity contribution in [3.63, 3.8) is 0 Å². The van der Waals surface area contributed by atoms with Crippen LogP contribution >= 0.6 is 11.8 Å². The van der Waals surface area contributed by atoms with Crippen molar-refractivity contribution in [2.24, 2.45) is 11.8 Å². The molecular formula is C31H53N3O15S. The standard InChI is InChI=1S/C31H53N3O15S/c1-45-15-9-14(12-35)47-28(23(15)39)22-17(13-36)48-29(26(42)24(22)40)21-16(49-31(46-2)27(43)25(21)41)11-32-6-7-33-19(37)5-4-8-34-20(38)10-18(50-3)30(34)44/h10,14-17,21-29,31-32,35-36,38-44H,4-9,11-13H2,1-3H3,(H,33,37). The molecule has 0 saturated carbocycles. The highest BCUT2D eigenvalue weighted by Crippen LogP contribution is 2.41. The Balaban J connectivity index is 1.36. The second-order valence-electron chi connectivity index (χ2n) is 12.8. The number of hydrogen-bond acceptors (Lipinski definition) is 17. The fourth-order valence-electron chi connectivity index (χ4n) is 7.17. The van der Waals surface area contributed by atoms with E-state index in [2.05, 4.69) is 10.6 Å². The fraction of sp³-hybridized carbons (Fsp3) is 0.839. The van der Waals surface area contributed by atoms with Crippen LogP contribution in [0.2, 0.25) is 0 Å². The van der Waals surface area contributed by atoms with Crippen LogP contribution in [0, 0.1) is 11.8 Å². The van der Waals surface area contributed by atoms with Gasteiger partial charge in [-0.2, -0.15) is 0 Å². The number of aliphatic hydroxyl groups excluding tert-OH is 7. The van der Waals surface area contributed by atoms with Crippen LogP contribution in [0.1, 0.15) is 19.3 Å². The second-order valence-corrected chi connectivity index (χ2v) is 13.7. The van der Waals surface area contributed by atoms with Gasteiger partial charge in [0.2, 0.25) is 11.8 Å². The third kappa shape index (κ3) is 9.03. The molecule has 0 spiro atoms. The number of aliphatic hydroxyl groups is 7. The molecule has 18 nitrogen and oxygen atoms in total. The molecule has 14 atom stereocenters. The molecule has 19 heteroatoms. The van der Waals surface area contributed by atoms with E-state index in [4.69, 9.17) is 23.7 Å². The fourth-order valence-corrected chi connectivity index (χ4v) is 7.69. The van der Waals surface area contributed by atoms with Gasteiger partial charge in [0.05, 0.1) is 66.9 Å². The van der Waals surface area contributed by atoms with Crippen molar-refractivity contribution in [1.29, 1.82) is 0 Å². The van der Waals surface area contributed by atoms with Crippen molar-refractivity contribution >= 4 is 17.7 Å². The maximum atomic E-state index is 12.4. The van der Waals surface area contributed by atoms with Gasteiger partial charge in [-0.05, 0) is 12.7 Å². The number of aromatic nitrogens is 1. The maximum absolute atomic E-state index is 12.4. The van der Waals surface area contributed by atoms with Gasteiger partial charge in [-0.15, -0.1) is 11.8 Å². The minimum atomic E-state index is -1.70. The van der Waals surface area contributed by atoms with E-state index in [1.165, 1.54) is 36.6 Å². The first-order valence-electron chi connectivity index (χ1n) is 16.7. The molecule has 11 N–H and O–H groups in total. The number of nitrogens with one attached hydrogen (secondary N) is 2. The van der Waals surface area contributed by atoms with Crippen LogP contribution in [-0.4, -0.2) is 183 Å². The summed E-state index contributed by atoms with van der Waals surface area (Å²) in [5, 5.41) is 102. The normalized spacial score (nSPS) is 37.9. The molecule has 1 aromatic heterocycles. The summed E-state index contributed by atoms with van der Waals surface area (Å²) >= 11 is 1.29. The Morgan fingerprint density at radius 2 is 1.58 bits per heavy atom. The van der Waals surface area contributed by atoms with Crippen molar-refractivity contribution in [3.05, 3.63) is 6.07 Å². The molecular weight excluding hydrogens is 686 g/mol. The van der Waals surface area contributed by atoms with Crippen molar-refractivity contribution in [1.82, 2.24) is 15.2 Å². The predicted molar refractivity (Wildman–Crippen MR) is 174 cm³/mol. The lowest BCUT2D eigenvalue weighted by molar-refractivity contribution is -0.322. The number of methoxy groups -OCH3 is 2. The molecule has 3 fully saturated rings. The molecule has 4 rings (SSSR count). The highest BCUT2D eigenvalue weighted by molar-refractivity contribution is 7.98. The van der Waals surface area contributed by atoms with E-state index in [-0.39, 0.29) is 56.7 Å². The third-order valence-corrected chi connectivity index (χ3v) is 10.6. The average Bonchev–Trinajstić information content (AvgIpc) is 3.39. The number of carbonyl (C=O) groups is 1. The van der Waals surface area contributed by atoms with E-state index >= 15 is 0 Å². The monoisotopic (exact) mass is 739 g/mol. The van der Waals surface area contributed by atoms with Crippen molar-refractivity contribution < 1.29 is 74.4 Å². The zero-order valence-electron chi connectivity index (χ0n) is 28.4. The lowest BCUT2D eigenvalue weighted by Crippen LogP contribution is -2.69. The van der Waals surface area contributed by atoms with E-state index in [9.17, 15) is 50.8 Å². The molecule has 3 aliphatic rings. The van der Waals surface area contributed by atoms with Gasteiger partial charge < -0.3 is 80.3 Å². The summed E-state index contributed by atoms with van der Waals surface area (Å²) in [7, 11) is 2.66.